The Labute approximate surface area is 399 Å². The lowest BCUT2D eigenvalue weighted by Crippen LogP contribution is -2.41. The van der Waals surface area contributed by atoms with Crippen LogP contribution in [0.5, 0.6) is 11.5 Å². The highest BCUT2D eigenvalue weighted by molar-refractivity contribution is 6.31. The third kappa shape index (κ3) is 21.0. The lowest BCUT2D eigenvalue weighted by Gasteiger charge is -2.29. The molecule has 0 aliphatic heterocycles. The molecule has 2 fully saturated rings. The van der Waals surface area contributed by atoms with E-state index in [1.54, 1.807) is 6.07 Å². The van der Waals surface area contributed by atoms with Gasteiger partial charge in [0.1, 0.15) is 34.5 Å². The van der Waals surface area contributed by atoms with Gasteiger partial charge in [0.2, 0.25) is 11.1 Å². The van der Waals surface area contributed by atoms with E-state index in [4.69, 9.17) is 53.4 Å². The maximum atomic E-state index is 13.4. The molecule has 376 valence electrons. The molecule has 17 nitrogen and oxygen atoms in total. The summed E-state index contributed by atoms with van der Waals surface area (Å²) < 4.78 is 68.9. The molecule has 9 N–H and O–H groups in total. The van der Waals surface area contributed by atoms with E-state index in [0.29, 0.717) is 30.7 Å². The number of carboxylic acids is 2. The van der Waals surface area contributed by atoms with Crippen LogP contribution in [0.25, 0.3) is 0 Å². The van der Waals surface area contributed by atoms with Gasteiger partial charge >= 0.3 is 18.1 Å². The van der Waals surface area contributed by atoms with E-state index in [0.717, 1.165) is 57.4 Å². The zero-order valence-corrected chi connectivity index (χ0v) is 37.5. The number of hydrogen-bond acceptors (Lipinski definition) is 10. The van der Waals surface area contributed by atoms with E-state index < -0.39 is 35.3 Å². The van der Waals surface area contributed by atoms with Gasteiger partial charge in [-0.2, -0.15) is 13.2 Å². The fraction of sp³-hybridized carbons (Fsp3) is 0.386. The van der Waals surface area contributed by atoms with Crippen molar-refractivity contribution >= 4 is 52.9 Å². The number of halogens is 7. The number of carbonyl (C=O) groups excluding carboxylic acids is 3. The van der Waals surface area contributed by atoms with Crippen molar-refractivity contribution in [3.8, 4) is 11.5 Å². The minimum atomic E-state index is -5.08. The van der Waals surface area contributed by atoms with Gasteiger partial charge in [-0.15, -0.1) is 0 Å². The summed E-state index contributed by atoms with van der Waals surface area (Å²) >= 11 is 11.2. The van der Waals surface area contributed by atoms with Gasteiger partial charge in [-0.3, -0.25) is 24.0 Å². The first-order valence-electron chi connectivity index (χ1n) is 20.8. The average molecular weight is 1010 g/mol. The number of ether oxygens (including phenoxy) is 2. The highest BCUT2D eigenvalue weighted by Crippen LogP contribution is 2.25. The van der Waals surface area contributed by atoms with Crippen molar-refractivity contribution in [1.29, 1.82) is 0 Å². The molecule has 0 radical (unpaired) electrons. The van der Waals surface area contributed by atoms with Crippen molar-refractivity contribution in [2.75, 3.05) is 26.3 Å². The number of benzene rings is 2. The van der Waals surface area contributed by atoms with Gasteiger partial charge in [-0.05, 0) is 106 Å². The van der Waals surface area contributed by atoms with Crippen LogP contribution in [0.4, 0.5) is 22.0 Å². The normalized spacial score (nSPS) is 17.4. The van der Waals surface area contributed by atoms with Crippen molar-refractivity contribution < 1.29 is 69.9 Å². The van der Waals surface area contributed by atoms with Gasteiger partial charge < -0.3 is 51.3 Å². The Morgan fingerprint density at radius 1 is 0.676 bits per heavy atom. The Balaban J connectivity index is 0.00000103. The van der Waals surface area contributed by atoms with Crippen LogP contribution in [-0.4, -0.2) is 94.4 Å². The fourth-order valence-corrected chi connectivity index (χ4v) is 6.74. The molecule has 0 atom stereocenters. The number of aromatic nitrogens is 2. The Kier molecular flexibility index (Phi) is 22.9. The number of aliphatic carboxylic acids is 1. The first-order valence-corrected chi connectivity index (χ1v) is 21.5. The van der Waals surface area contributed by atoms with Crippen LogP contribution in [0.15, 0.2) is 82.4 Å². The summed E-state index contributed by atoms with van der Waals surface area (Å²) in [5.41, 5.74) is 5.07. The van der Waals surface area contributed by atoms with Gasteiger partial charge in [0.15, 0.2) is 13.2 Å². The van der Waals surface area contributed by atoms with Crippen molar-refractivity contribution in [2.24, 2.45) is 17.6 Å². The van der Waals surface area contributed by atoms with Crippen LogP contribution < -0.4 is 42.3 Å². The summed E-state index contributed by atoms with van der Waals surface area (Å²) in [6, 6.07) is 16.8. The first-order chi connectivity index (χ1) is 32.1. The Morgan fingerprint density at radius 2 is 1.09 bits per heavy atom. The molecule has 0 unspecified atom stereocenters. The van der Waals surface area contributed by atoms with Crippen LogP contribution in [0, 0.1) is 23.5 Å². The minimum absolute atomic E-state index is 0. The highest BCUT2D eigenvalue weighted by Gasteiger charge is 2.38. The smallest absolute Gasteiger partial charge is 0.484 e. The standard InChI is InChI=1S/C21H23ClFN3O4.C15H20ClFN2O2.C6H5NO3.C2HF3O2.3H2/c22-16-9-8-15(10-17(16)23)30-12-20(28)25-14-6-4-13(5-7-14)11-24-21(29)18-2-1-3-19(27)26-18;16-13-6-5-12(7-14(13)17)21-9-15(20)19-11-3-1-10(8-18)2-4-11;8-5-3-1-2-4(7-5)6(9)10;3-2(4,5)1(6)7;;;/h1-3,8-10,13-14H,4-7,11-12H2,(H,24,29)(H,25,28)(H,26,27);5-7,10-11H,1-4,8-9,18H2,(H,19,20);1-3H,(H,7,8)(H,9,10);(H,6,7);3*1H. The Hall–Kier alpha value is -6.52. The summed E-state index contributed by atoms with van der Waals surface area (Å²) in [5.74, 6) is -4.39. The summed E-state index contributed by atoms with van der Waals surface area (Å²) in [5, 5.41) is 24.2. The summed E-state index contributed by atoms with van der Waals surface area (Å²) in [6.45, 7) is 0.901. The number of H-pyrrole nitrogens is 2. The van der Waals surface area contributed by atoms with E-state index in [2.05, 4.69) is 25.9 Å². The second kappa shape index (κ2) is 28.0. The molecule has 2 aromatic heterocycles. The third-order valence-corrected chi connectivity index (χ3v) is 10.7. The number of nitrogens with two attached hydrogens (primary N) is 1. The van der Waals surface area contributed by atoms with Crippen LogP contribution in [0.1, 0.15) is 76.6 Å². The molecule has 2 heterocycles. The van der Waals surface area contributed by atoms with Crippen LogP contribution >= 0.6 is 23.2 Å². The highest BCUT2D eigenvalue weighted by atomic mass is 35.5. The molecule has 2 aliphatic carbocycles. The predicted octanol–water partition coefficient (Wildman–Crippen LogP) is 6.59. The SMILES string of the molecule is NCC1CCC(NC(=O)COc2ccc(Cl)c(F)c2)CC1.O=C(COc1ccc(Cl)c(F)c1)NC1CCC(CNC(=O)c2cccc(=O)[nH]2)CC1.O=C(O)C(F)(F)F.O=C(O)c1cccc(=O)[nH]1.[HH].[HH].[HH]. The quantitative estimate of drug-likeness (QED) is 0.0660. The van der Waals surface area contributed by atoms with Crippen molar-refractivity contribution in [2.45, 2.75) is 69.6 Å². The molecule has 0 spiro atoms. The first kappa shape index (κ1) is 55.8. The van der Waals surface area contributed by atoms with Crippen LogP contribution in [0.3, 0.4) is 0 Å². The van der Waals surface area contributed by atoms with Crippen molar-refractivity contribution in [3.05, 3.63) is 127 Å². The number of amides is 3. The minimum Gasteiger partial charge on any atom is -0.484 e. The molecule has 0 bridgehead atoms. The molecule has 24 heteroatoms. The molecule has 2 aromatic carbocycles. The summed E-state index contributed by atoms with van der Waals surface area (Å²) in [6.07, 6.45) is 2.22. The molecular formula is C44H55Cl2F5N6O11. The largest absolute Gasteiger partial charge is 0.490 e. The third-order valence-electron chi connectivity index (χ3n) is 10.1. The molecule has 2 aliphatic rings. The van der Waals surface area contributed by atoms with Crippen LogP contribution in [-0.2, 0) is 14.4 Å². The lowest BCUT2D eigenvalue weighted by atomic mass is 9.86. The predicted molar refractivity (Wildman–Crippen MR) is 244 cm³/mol. The van der Waals surface area contributed by atoms with E-state index in [1.807, 2.05) is 0 Å². The zero-order chi connectivity index (χ0) is 50.4. The number of rotatable bonds is 13. The van der Waals surface area contributed by atoms with Gasteiger partial charge in [0.05, 0.1) is 10.0 Å². The number of pyridine rings is 2. The molecule has 3 amide bonds. The topological polar surface area (TPSA) is 272 Å². The van der Waals surface area contributed by atoms with Gasteiger partial charge in [0.25, 0.3) is 17.7 Å². The number of nitrogens with one attached hydrogen (secondary N) is 5. The molecule has 2 saturated carbocycles. The number of alkyl halides is 3. The Bertz CT molecular complexity index is 2440. The zero-order valence-electron chi connectivity index (χ0n) is 36.0. The second-order valence-corrected chi connectivity index (χ2v) is 16.0. The number of carboxylic acid groups (broad SMARTS) is 2. The Morgan fingerprint density at radius 3 is 1.46 bits per heavy atom. The molecule has 0 saturated heterocycles. The number of carbonyl (C=O) groups is 5. The van der Waals surface area contributed by atoms with Gasteiger partial charge in [-0.25, -0.2) is 18.4 Å². The number of aromatic amines is 2. The maximum Gasteiger partial charge on any atom is 0.490 e. The lowest BCUT2D eigenvalue weighted by molar-refractivity contribution is -0.192. The van der Waals surface area contributed by atoms with Gasteiger partial charge in [0, 0.05) is 47.2 Å². The van der Waals surface area contributed by atoms with Crippen molar-refractivity contribution in [1.82, 2.24) is 25.9 Å². The monoisotopic (exact) mass is 1010 g/mol. The van der Waals surface area contributed by atoms with Gasteiger partial charge in [-0.1, -0.05) is 35.3 Å². The summed E-state index contributed by atoms with van der Waals surface area (Å²) in [4.78, 5) is 81.5. The van der Waals surface area contributed by atoms with E-state index in [1.165, 1.54) is 60.7 Å². The molecule has 6 rings (SSSR count). The van der Waals surface area contributed by atoms with E-state index in [9.17, 15) is 50.7 Å². The van der Waals surface area contributed by atoms with E-state index in [-0.39, 0.29) is 80.0 Å². The molecule has 68 heavy (non-hydrogen) atoms. The van der Waals surface area contributed by atoms with Crippen molar-refractivity contribution in [3.63, 3.8) is 0 Å². The average Bonchev–Trinajstić information content (AvgIpc) is 3.30. The molecule has 4 aromatic rings. The van der Waals surface area contributed by atoms with Crippen LogP contribution in [0.2, 0.25) is 10.0 Å². The summed E-state index contributed by atoms with van der Waals surface area (Å²) in [7, 11) is 0. The number of hydrogen-bond donors (Lipinski definition) is 8. The van der Waals surface area contributed by atoms with E-state index >= 15 is 0 Å². The molecular weight excluding hydrogens is 954 g/mol. The maximum absolute atomic E-state index is 13.4. The number of aromatic carboxylic acids is 1. The fourth-order valence-electron chi connectivity index (χ4n) is 6.51. The second-order valence-electron chi connectivity index (χ2n) is 15.2.